The Bertz CT molecular complexity index is 191. The first-order valence-corrected chi connectivity index (χ1v) is 10.3. The van der Waals surface area contributed by atoms with E-state index in [2.05, 4.69) is 6.92 Å². The van der Waals surface area contributed by atoms with E-state index < -0.39 is 0 Å². The van der Waals surface area contributed by atoms with E-state index in [4.69, 9.17) is 4.74 Å². The summed E-state index contributed by atoms with van der Waals surface area (Å²) in [7, 11) is 1.76. The van der Waals surface area contributed by atoms with Crippen LogP contribution in [-0.2, 0) is 4.74 Å². The second-order valence-electron chi connectivity index (χ2n) is 6.59. The lowest BCUT2D eigenvalue weighted by molar-refractivity contribution is 0.183. The third-order valence-corrected chi connectivity index (χ3v) is 8.03. The highest BCUT2D eigenvalue weighted by atomic mass is 28.3. The van der Waals surface area contributed by atoms with Crippen LogP contribution in [0.15, 0.2) is 0 Å². The highest BCUT2D eigenvalue weighted by Gasteiger charge is 2.31. The quantitative estimate of drug-likeness (QED) is 0.657. The van der Waals surface area contributed by atoms with Crippen LogP contribution in [0.25, 0.3) is 0 Å². The number of hydrogen-bond donors (Lipinski definition) is 0. The topological polar surface area (TPSA) is 9.23 Å². The molecule has 0 amide bonds. The first kappa shape index (κ1) is 14.6. The fraction of sp³-hybridized carbons (Fsp3) is 1.00. The Kier molecular flexibility index (Phi) is 6.23. The summed E-state index contributed by atoms with van der Waals surface area (Å²) in [5, 5.41) is 0. The normalized spacial score (nSPS) is 31.7. The van der Waals surface area contributed by atoms with E-state index in [1.165, 1.54) is 50.6 Å². The molecule has 2 aliphatic rings. The van der Waals surface area contributed by atoms with Crippen molar-refractivity contribution in [2.24, 2.45) is 17.8 Å². The molecule has 1 heterocycles. The summed E-state index contributed by atoms with van der Waals surface area (Å²) in [5.41, 5.74) is 0. The second-order valence-corrected chi connectivity index (χ2v) is 9.38. The number of methoxy groups -OCH3 is 1. The minimum absolute atomic E-state index is 0.110. The van der Waals surface area contributed by atoms with Crippen molar-refractivity contribution in [1.82, 2.24) is 0 Å². The Hall–Kier alpha value is 0.177. The van der Waals surface area contributed by atoms with Gasteiger partial charge in [-0.1, -0.05) is 57.5 Å². The van der Waals surface area contributed by atoms with Gasteiger partial charge >= 0.3 is 0 Å². The Labute approximate surface area is 115 Å². The zero-order chi connectivity index (χ0) is 12.8. The summed E-state index contributed by atoms with van der Waals surface area (Å²) in [4.78, 5) is 0. The van der Waals surface area contributed by atoms with Gasteiger partial charge < -0.3 is 4.74 Å². The van der Waals surface area contributed by atoms with Gasteiger partial charge in [-0.2, -0.15) is 0 Å². The van der Waals surface area contributed by atoms with E-state index >= 15 is 0 Å². The van der Waals surface area contributed by atoms with Gasteiger partial charge in [0, 0.05) is 13.3 Å². The first-order chi connectivity index (χ1) is 8.83. The van der Waals surface area contributed by atoms with Crippen LogP contribution in [0.5, 0.6) is 0 Å². The standard InChI is InChI=1S/C16H31OSi/c1-3-4-14-5-7-15(8-6-14)16-9-11-18(12-10-16)13-17-2/h14-16H,3-13H2,1-2H3. The molecule has 18 heavy (non-hydrogen) atoms. The highest BCUT2D eigenvalue weighted by molar-refractivity contribution is 6.58. The predicted molar refractivity (Wildman–Crippen MR) is 80.3 cm³/mol. The van der Waals surface area contributed by atoms with Crippen LogP contribution in [0.4, 0.5) is 0 Å². The van der Waals surface area contributed by atoms with E-state index in [0.717, 1.165) is 24.0 Å². The van der Waals surface area contributed by atoms with Gasteiger partial charge in [0.25, 0.3) is 0 Å². The summed E-state index contributed by atoms with van der Waals surface area (Å²) in [5.74, 6) is 3.24. The third-order valence-electron chi connectivity index (χ3n) is 5.34. The molecule has 0 spiro atoms. The molecular formula is C16H31OSi. The Balaban J connectivity index is 1.68. The number of hydrogen-bond acceptors (Lipinski definition) is 1. The molecule has 0 unspecified atom stereocenters. The zero-order valence-corrected chi connectivity index (χ0v) is 13.4. The van der Waals surface area contributed by atoms with Crippen LogP contribution < -0.4 is 0 Å². The minimum atomic E-state index is -0.110. The van der Waals surface area contributed by atoms with Gasteiger partial charge in [0.1, 0.15) is 0 Å². The van der Waals surface area contributed by atoms with Crippen LogP contribution in [0.3, 0.4) is 0 Å². The van der Waals surface area contributed by atoms with Gasteiger partial charge in [0.05, 0.1) is 8.80 Å². The van der Waals surface area contributed by atoms with Gasteiger partial charge in [-0.25, -0.2) is 0 Å². The largest absolute Gasteiger partial charge is 0.388 e. The van der Waals surface area contributed by atoms with Crippen molar-refractivity contribution in [2.45, 2.75) is 70.4 Å². The van der Waals surface area contributed by atoms with Gasteiger partial charge in [0.15, 0.2) is 0 Å². The molecule has 0 bridgehead atoms. The maximum Gasteiger partial charge on any atom is 0.0806 e. The second kappa shape index (κ2) is 7.69. The molecule has 2 rings (SSSR count). The Morgan fingerprint density at radius 1 is 0.944 bits per heavy atom. The molecule has 1 nitrogen and oxygen atoms in total. The van der Waals surface area contributed by atoms with Crippen molar-refractivity contribution < 1.29 is 4.74 Å². The summed E-state index contributed by atoms with van der Waals surface area (Å²) >= 11 is 0. The SMILES string of the molecule is CCCC1CCC(C2CC[Si](COC)CC2)CC1. The van der Waals surface area contributed by atoms with Crippen molar-refractivity contribution in [3.8, 4) is 0 Å². The Morgan fingerprint density at radius 3 is 2.11 bits per heavy atom. The van der Waals surface area contributed by atoms with Gasteiger partial charge in [-0.15, -0.1) is 0 Å². The first-order valence-electron chi connectivity index (χ1n) is 8.16. The van der Waals surface area contributed by atoms with Crippen LogP contribution in [0.1, 0.15) is 58.3 Å². The molecule has 1 radical (unpaired) electrons. The molecular weight excluding hydrogens is 236 g/mol. The molecule has 1 aliphatic carbocycles. The average Bonchev–Trinajstić information content (AvgIpc) is 2.41. The molecule has 1 aliphatic heterocycles. The molecule has 0 atom stereocenters. The van der Waals surface area contributed by atoms with Gasteiger partial charge in [-0.05, 0) is 30.6 Å². The van der Waals surface area contributed by atoms with Crippen LogP contribution in [0, 0.1) is 17.8 Å². The maximum absolute atomic E-state index is 5.35. The molecule has 2 fully saturated rings. The fourth-order valence-electron chi connectivity index (χ4n) is 4.22. The van der Waals surface area contributed by atoms with Crippen molar-refractivity contribution in [1.29, 1.82) is 0 Å². The van der Waals surface area contributed by atoms with Gasteiger partial charge in [0.2, 0.25) is 0 Å². The molecule has 1 saturated heterocycles. The van der Waals surface area contributed by atoms with E-state index in [9.17, 15) is 0 Å². The maximum atomic E-state index is 5.35. The van der Waals surface area contributed by atoms with E-state index in [-0.39, 0.29) is 8.80 Å². The van der Waals surface area contributed by atoms with E-state index in [1.54, 1.807) is 12.8 Å². The highest BCUT2D eigenvalue weighted by Crippen LogP contribution is 2.41. The zero-order valence-electron chi connectivity index (χ0n) is 12.4. The van der Waals surface area contributed by atoms with Crippen molar-refractivity contribution in [2.75, 3.05) is 13.3 Å². The molecule has 2 heteroatoms. The summed E-state index contributed by atoms with van der Waals surface area (Å²) in [6.07, 6.45) is 13.2. The Morgan fingerprint density at radius 2 is 1.56 bits per heavy atom. The fourth-order valence-corrected chi connectivity index (χ4v) is 6.73. The molecule has 1 saturated carbocycles. The molecule has 105 valence electrons. The van der Waals surface area contributed by atoms with Crippen molar-refractivity contribution in [3.05, 3.63) is 0 Å². The molecule has 0 aromatic heterocycles. The van der Waals surface area contributed by atoms with Crippen LogP contribution in [-0.4, -0.2) is 22.1 Å². The summed E-state index contributed by atoms with van der Waals surface area (Å²) in [6.45, 7) is 2.34. The average molecular weight is 268 g/mol. The lowest BCUT2D eigenvalue weighted by Gasteiger charge is -2.37. The molecule has 0 N–H and O–H groups in total. The summed E-state index contributed by atoms with van der Waals surface area (Å²) in [6, 6.07) is 3.05. The van der Waals surface area contributed by atoms with Gasteiger partial charge in [-0.3, -0.25) is 0 Å². The van der Waals surface area contributed by atoms with Crippen LogP contribution >= 0.6 is 0 Å². The van der Waals surface area contributed by atoms with Crippen molar-refractivity contribution >= 4 is 8.80 Å². The predicted octanol–water partition coefficient (Wildman–Crippen LogP) is 4.68. The summed E-state index contributed by atoms with van der Waals surface area (Å²) < 4.78 is 5.35. The van der Waals surface area contributed by atoms with E-state index in [0.29, 0.717) is 0 Å². The molecule has 0 aromatic rings. The lowest BCUT2D eigenvalue weighted by atomic mass is 9.73. The van der Waals surface area contributed by atoms with E-state index in [1.807, 2.05) is 7.11 Å². The smallest absolute Gasteiger partial charge is 0.0806 e. The number of rotatable bonds is 5. The minimum Gasteiger partial charge on any atom is -0.388 e. The molecule has 0 aromatic carbocycles. The third kappa shape index (κ3) is 4.09. The van der Waals surface area contributed by atoms with Crippen molar-refractivity contribution in [3.63, 3.8) is 0 Å². The van der Waals surface area contributed by atoms with Crippen LogP contribution in [0.2, 0.25) is 12.1 Å². The number of ether oxygens (including phenoxy) is 1. The monoisotopic (exact) mass is 267 g/mol. The lowest BCUT2D eigenvalue weighted by Crippen LogP contribution is -2.31.